The molecule has 0 saturated carbocycles. The van der Waals surface area contributed by atoms with E-state index in [0.29, 0.717) is 22.2 Å². The van der Waals surface area contributed by atoms with Crippen molar-refractivity contribution in [1.29, 1.82) is 0 Å². The number of rotatable bonds is 4. The SMILES string of the molecule is CCOC(C)(C)C(O)c1ccc(Cl)c(Cl)c1. The van der Waals surface area contributed by atoms with Crippen LogP contribution in [0.1, 0.15) is 32.4 Å². The highest BCUT2D eigenvalue weighted by Gasteiger charge is 2.29. The highest BCUT2D eigenvalue weighted by atomic mass is 35.5. The van der Waals surface area contributed by atoms with Crippen LogP contribution in [0.25, 0.3) is 0 Å². The van der Waals surface area contributed by atoms with Crippen LogP contribution in [0.4, 0.5) is 0 Å². The molecule has 0 aliphatic heterocycles. The number of halogens is 2. The van der Waals surface area contributed by atoms with Gasteiger partial charge in [0.2, 0.25) is 0 Å². The summed E-state index contributed by atoms with van der Waals surface area (Å²) in [5, 5.41) is 11.1. The van der Waals surface area contributed by atoms with Crippen molar-refractivity contribution in [3.8, 4) is 0 Å². The van der Waals surface area contributed by atoms with E-state index in [1.807, 2.05) is 20.8 Å². The first-order chi connectivity index (χ1) is 7.38. The van der Waals surface area contributed by atoms with Crippen LogP contribution >= 0.6 is 23.2 Å². The maximum absolute atomic E-state index is 10.2. The number of ether oxygens (including phenoxy) is 1. The smallest absolute Gasteiger partial charge is 0.107 e. The maximum atomic E-state index is 10.2. The average molecular weight is 263 g/mol. The Kier molecular flexibility index (Phi) is 4.62. The Labute approximate surface area is 106 Å². The quantitative estimate of drug-likeness (QED) is 0.894. The zero-order chi connectivity index (χ0) is 12.3. The van der Waals surface area contributed by atoms with Crippen molar-refractivity contribution in [2.75, 3.05) is 6.61 Å². The summed E-state index contributed by atoms with van der Waals surface area (Å²) in [6, 6.07) is 5.08. The van der Waals surface area contributed by atoms with Gasteiger partial charge in [-0.15, -0.1) is 0 Å². The molecule has 16 heavy (non-hydrogen) atoms. The lowest BCUT2D eigenvalue weighted by Gasteiger charge is -2.30. The molecule has 0 aromatic heterocycles. The van der Waals surface area contributed by atoms with E-state index in [0.717, 1.165) is 0 Å². The molecule has 1 aromatic carbocycles. The van der Waals surface area contributed by atoms with Crippen molar-refractivity contribution in [2.24, 2.45) is 0 Å². The molecule has 1 aromatic rings. The fraction of sp³-hybridized carbons (Fsp3) is 0.500. The first kappa shape index (κ1) is 13.8. The first-order valence-corrected chi connectivity index (χ1v) is 5.91. The number of aliphatic hydroxyl groups is 1. The van der Waals surface area contributed by atoms with Gasteiger partial charge in [0, 0.05) is 6.61 Å². The summed E-state index contributed by atoms with van der Waals surface area (Å²) in [6.45, 7) is 6.11. The predicted molar refractivity (Wildman–Crippen MR) is 67.1 cm³/mol. The summed E-state index contributed by atoms with van der Waals surface area (Å²) in [7, 11) is 0. The Hall–Kier alpha value is -0.280. The molecule has 0 aliphatic carbocycles. The van der Waals surface area contributed by atoms with E-state index < -0.39 is 11.7 Å². The molecule has 0 heterocycles. The van der Waals surface area contributed by atoms with Crippen LogP contribution < -0.4 is 0 Å². The van der Waals surface area contributed by atoms with Crippen molar-refractivity contribution in [3.63, 3.8) is 0 Å². The Bertz CT molecular complexity index is 364. The zero-order valence-corrected chi connectivity index (χ0v) is 11.1. The van der Waals surface area contributed by atoms with Crippen molar-refractivity contribution >= 4 is 23.2 Å². The van der Waals surface area contributed by atoms with E-state index in [-0.39, 0.29) is 0 Å². The second-order valence-electron chi connectivity index (χ2n) is 4.11. The third kappa shape index (κ3) is 3.11. The number of aliphatic hydroxyl groups excluding tert-OH is 1. The van der Waals surface area contributed by atoms with Gasteiger partial charge in [-0.25, -0.2) is 0 Å². The lowest BCUT2D eigenvalue weighted by molar-refractivity contribution is -0.0983. The van der Waals surface area contributed by atoms with Crippen LogP contribution in [0.2, 0.25) is 10.0 Å². The van der Waals surface area contributed by atoms with Gasteiger partial charge in [0.05, 0.1) is 15.6 Å². The molecule has 1 rings (SSSR count). The Balaban J connectivity index is 2.95. The Morgan fingerprint density at radius 2 is 1.94 bits per heavy atom. The van der Waals surface area contributed by atoms with Crippen LogP contribution in [0, 0.1) is 0 Å². The van der Waals surface area contributed by atoms with Gasteiger partial charge < -0.3 is 9.84 Å². The fourth-order valence-electron chi connectivity index (χ4n) is 1.53. The molecule has 0 aliphatic rings. The van der Waals surface area contributed by atoms with Crippen LogP contribution in [0.15, 0.2) is 18.2 Å². The van der Waals surface area contributed by atoms with Crippen molar-refractivity contribution < 1.29 is 9.84 Å². The van der Waals surface area contributed by atoms with Crippen LogP contribution in [0.5, 0.6) is 0 Å². The molecule has 0 radical (unpaired) electrons. The normalized spacial score (nSPS) is 13.9. The lowest BCUT2D eigenvalue weighted by Crippen LogP contribution is -2.32. The van der Waals surface area contributed by atoms with Gasteiger partial charge in [-0.2, -0.15) is 0 Å². The lowest BCUT2D eigenvalue weighted by atomic mass is 9.94. The average Bonchev–Trinajstić information content (AvgIpc) is 2.21. The van der Waals surface area contributed by atoms with Crippen LogP contribution in [-0.2, 0) is 4.74 Å². The summed E-state index contributed by atoms with van der Waals surface area (Å²) < 4.78 is 5.49. The molecule has 1 unspecified atom stereocenters. The van der Waals surface area contributed by atoms with E-state index in [1.54, 1.807) is 18.2 Å². The van der Waals surface area contributed by atoms with Gasteiger partial charge in [0.25, 0.3) is 0 Å². The molecule has 0 amide bonds. The van der Waals surface area contributed by atoms with Crippen molar-refractivity contribution in [3.05, 3.63) is 33.8 Å². The monoisotopic (exact) mass is 262 g/mol. The highest BCUT2D eigenvalue weighted by Crippen LogP contribution is 2.32. The van der Waals surface area contributed by atoms with E-state index in [1.165, 1.54) is 0 Å². The molecular weight excluding hydrogens is 247 g/mol. The van der Waals surface area contributed by atoms with Crippen molar-refractivity contribution in [2.45, 2.75) is 32.5 Å². The third-order valence-corrected chi connectivity index (χ3v) is 3.17. The van der Waals surface area contributed by atoms with E-state index in [4.69, 9.17) is 27.9 Å². The molecule has 0 bridgehead atoms. The standard InChI is InChI=1S/C12H16Cl2O2/c1-4-16-12(2,3)11(15)8-5-6-9(13)10(14)7-8/h5-7,11,15H,4H2,1-3H3. The van der Waals surface area contributed by atoms with Gasteiger partial charge in [-0.3, -0.25) is 0 Å². The summed E-state index contributed by atoms with van der Waals surface area (Å²) in [5.74, 6) is 0. The van der Waals surface area contributed by atoms with E-state index >= 15 is 0 Å². The predicted octanol–water partition coefficient (Wildman–Crippen LogP) is 3.84. The topological polar surface area (TPSA) is 29.5 Å². The Morgan fingerprint density at radius 3 is 2.44 bits per heavy atom. The second-order valence-corrected chi connectivity index (χ2v) is 4.93. The Morgan fingerprint density at radius 1 is 1.31 bits per heavy atom. The largest absolute Gasteiger partial charge is 0.385 e. The minimum Gasteiger partial charge on any atom is -0.385 e. The summed E-state index contributed by atoms with van der Waals surface area (Å²) >= 11 is 11.7. The number of benzene rings is 1. The molecule has 0 fully saturated rings. The molecule has 1 N–H and O–H groups in total. The fourth-order valence-corrected chi connectivity index (χ4v) is 1.84. The molecular formula is C12H16Cl2O2. The maximum Gasteiger partial charge on any atom is 0.107 e. The number of hydrogen-bond acceptors (Lipinski definition) is 2. The molecule has 4 heteroatoms. The summed E-state index contributed by atoms with van der Waals surface area (Å²) in [5.41, 5.74) is 0.0548. The number of hydrogen-bond donors (Lipinski definition) is 1. The summed E-state index contributed by atoms with van der Waals surface area (Å²) in [6.07, 6.45) is -0.734. The van der Waals surface area contributed by atoms with Crippen LogP contribution in [0.3, 0.4) is 0 Å². The first-order valence-electron chi connectivity index (χ1n) is 5.15. The van der Waals surface area contributed by atoms with Gasteiger partial charge in [0.15, 0.2) is 0 Å². The highest BCUT2D eigenvalue weighted by molar-refractivity contribution is 6.42. The molecule has 2 nitrogen and oxygen atoms in total. The van der Waals surface area contributed by atoms with Gasteiger partial charge in [-0.1, -0.05) is 29.3 Å². The van der Waals surface area contributed by atoms with E-state index in [9.17, 15) is 5.11 Å². The molecule has 0 spiro atoms. The third-order valence-electron chi connectivity index (χ3n) is 2.43. The molecule has 90 valence electrons. The minimum atomic E-state index is -0.734. The minimum absolute atomic E-state index is 0.436. The molecule has 1 atom stereocenters. The van der Waals surface area contributed by atoms with Crippen molar-refractivity contribution in [1.82, 2.24) is 0 Å². The molecule has 0 saturated heterocycles. The van der Waals surface area contributed by atoms with Crippen LogP contribution in [-0.4, -0.2) is 17.3 Å². The van der Waals surface area contributed by atoms with Gasteiger partial charge in [-0.05, 0) is 38.5 Å². The second kappa shape index (κ2) is 5.37. The van der Waals surface area contributed by atoms with E-state index in [2.05, 4.69) is 0 Å². The van der Waals surface area contributed by atoms with Gasteiger partial charge >= 0.3 is 0 Å². The summed E-state index contributed by atoms with van der Waals surface area (Å²) in [4.78, 5) is 0. The zero-order valence-electron chi connectivity index (χ0n) is 9.63. The van der Waals surface area contributed by atoms with Gasteiger partial charge in [0.1, 0.15) is 6.10 Å².